The average Bonchev–Trinajstić information content (AvgIpc) is 2.19. The summed E-state index contributed by atoms with van der Waals surface area (Å²) >= 11 is 2.78. The van der Waals surface area contributed by atoms with Crippen molar-refractivity contribution in [1.82, 2.24) is 0 Å². The monoisotopic (exact) mass is 330 g/mol. The fourth-order valence-electron chi connectivity index (χ4n) is 0.963. The van der Waals surface area contributed by atoms with Crippen LogP contribution in [-0.4, -0.2) is 21.5 Å². The molecule has 1 aromatic rings. The number of carbonyl (C=O) groups is 1. The van der Waals surface area contributed by atoms with Gasteiger partial charge in [0.1, 0.15) is 0 Å². The van der Waals surface area contributed by atoms with E-state index in [1.54, 1.807) is 0 Å². The molecule has 1 aromatic carbocycles. The minimum Gasteiger partial charge on any atom is -0.465 e. The molecule has 0 N–H and O–H groups in total. The average molecular weight is 332 g/mol. The van der Waals surface area contributed by atoms with Gasteiger partial charge in [0.15, 0.2) is 5.82 Å². The van der Waals surface area contributed by atoms with Crippen LogP contribution < -0.4 is 0 Å². The second-order valence-corrected chi connectivity index (χ2v) is 6.12. The second-order valence-electron chi connectivity index (χ2n) is 2.70. The molecule has 88 valence electrons. The van der Waals surface area contributed by atoms with Gasteiger partial charge in [0.05, 0.1) is 22.0 Å². The highest BCUT2D eigenvalue weighted by atomic mass is 79.9. The molecule has 0 aliphatic heterocycles. The van der Waals surface area contributed by atoms with Crippen LogP contribution in [0.5, 0.6) is 0 Å². The maximum atomic E-state index is 13.4. The third kappa shape index (κ3) is 2.72. The summed E-state index contributed by atoms with van der Waals surface area (Å²) < 4.78 is 39.6. The molecule has 0 atom stereocenters. The SMILES string of the molecule is COC(=O)c1cc(S(=O)(=O)Cl)cc(Br)c1F. The molecule has 0 heterocycles. The maximum Gasteiger partial charge on any atom is 0.340 e. The first-order valence-electron chi connectivity index (χ1n) is 3.79. The van der Waals surface area contributed by atoms with Crippen LogP contribution in [0, 0.1) is 5.82 Å². The number of benzene rings is 1. The quantitative estimate of drug-likeness (QED) is 0.616. The van der Waals surface area contributed by atoms with Crippen molar-refractivity contribution in [2.45, 2.75) is 4.90 Å². The lowest BCUT2D eigenvalue weighted by Crippen LogP contribution is -2.07. The molecule has 0 aliphatic rings. The summed E-state index contributed by atoms with van der Waals surface area (Å²) in [6.45, 7) is 0. The van der Waals surface area contributed by atoms with Crippen LogP contribution in [0.25, 0.3) is 0 Å². The van der Waals surface area contributed by atoms with Crippen LogP contribution in [0.1, 0.15) is 10.4 Å². The minimum absolute atomic E-state index is 0.186. The molecular formula is C8H5BrClFO4S. The van der Waals surface area contributed by atoms with Gasteiger partial charge >= 0.3 is 5.97 Å². The van der Waals surface area contributed by atoms with Crippen LogP contribution in [-0.2, 0) is 13.8 Å². The zero-order chi connectivity index (χ0) is 12.5. The van der Waals surface area contributed by atoms with E-state index < -0.39 is 26.4 Å². The van der Waals surface area contributed by atoms with E-state index in [4.69, 9.17) is 10.7 Å². The van der Waals surface area contributed by atoms with Crippen molar-refractivity contribution in [2.75, 3.05) is 7.11 Å². The molecule has 0 saturated heterocycles. The van der Waals surface area contributed by atoms with E-state index in [1.807, 2.05) is 0 Å². The van der Waals surface area contributed by atoms with Gasteiger partial charge in [-0.2, -0.15) is 0 Å². The summed E-state index contributed by atoms with van der Waals surface area (Å²) in [4.78, 5) is 10.8. The van der Waals surface area contributed by atoms with Gasteiger partial charge < -0.3 is 4.74 Å². The Labute approximate surface area is 104 Å². The Morgan fingerprint density at radius 3 is 2.50 bits per heavy atom. The summed E-state index contributed by atoms with van der Waals surface area (Å²) in [5.74, 6) is -1.89. The molecule has 0 fully saturated rings. The van der Waals surface area contributed by atoms with Crippen molar-refractivity contribution < 1.29 is 22.3 Å². The first kappa shape index (κ1) is 13.4. The Hall–Kier alpha value is -0.660. The second kappa shape index (κ2) is 4.68. The Bertz CT molecular complexity index is 543. The normalized spacial score (nSPS) is 11.2. The van der Waals surface area contributed by atoms with Crippen molar-refractivity contribution in [3.8, 4) is 0 Å². The Morgan fingerprint density at radius 2 is 2.06 bits per heavy atom. The van der Waals surface area contributed by atoms with E-state index in [-0.39, 0.29) is 9.37 Å². The van der Waals surface area contributed by atoms with Crippen molar-refractivity contribution in [1.29, 1.82) is 0 Å². The zero-order valence-corrected chi connectivity index (χ0v) is 11.0. The summed E-state index contributed by atoms with van der Waals surface area (Å²) in [6.07, 6.45) is 0. The van der Waals surface area contributed by atoms with Crippen molar-refractivity contribution in [2.24, 2.45) is 0 Å². The standard InChI is InChI=1S/C8H5BrClFO4S/c1-15-8(12)5-2-4(16(10,13)14)3-6(9)7(5)11/h2-3H,1H3. The Balaban J connectivity index is 3.51. The number of ether oxygens (including phenoxy) is 1. The van der Waals surface area contributed by atoms with Crippen LogP contribution in [0.4, 0.5) is 4.39 Å². The highest BCUT2D eigenvalue weighted by Gasteiger charge is 2.21. The number of hydrogen-bond acceptors (Lipinski definition) is 4. The third-order valence-corrected chi connectivity index (χ3v) is 3.60. The van der Waals surface area contributed by atoms with E-state index in [1.165, 1.54) is 0 Å². The molecule has 16 heavy (non-hydrogen) atoms. The maximum absolute atomic E-state index is 13.4. The van der Waals surface area contributed by atoms with E-state index in [0.717, 1.165) is 19.2 Å². The van der Waals surface area contributed by atoms with Crippen LogP contribution in [0.2, 0.25) is 0 Å². The van der Waals surface area contributed by atoms with Crippen LogP contribution >= 0.6 is 26.6 Å². The van der Waals surface area contributed by atoms with Gasteiger partial charge in [-0.1, -0.05) is 0 Å². The lowest BCUT2D eigenvalue weighted by molar-refractivity contribution is 0.0595. The smallest absolute Gasteiger partial charge is 0.340 e. The van der Waals surface area contributed by atoms with Gasteiger partial charge in [0.25, 0.3) is 9.05 Å². The van der Waals surface area contributed by atoms with Gasteiger partial charge in [-0.25, -0.2) is 17.6 Å². The number of halogens is 3. The number of esters is 1. The molecule has 0 aliphatic carbocycles. The third-order valence-electron chi connectivity index (χ3n) is 1.69. The molecule has 0 radical (unpaired) electrons. The largest absolute Gasteiger partial charge is 0.465 e. The fraction of sp³-hybridized carbons (Fsp3) is 0.125. The molecule has 0 saturated carbocycles. The molecule has 0 bridgehead atoms. The van der Waals surface area contributed by atoms with Gasteiger partial charge in [0.2, 0.25) is 0 Å². The summed E-state index contributed by atoms with van der Waals surface area (Å²) in [5, 5.41) is 0. The van der Waals surface area contributed by atoms with Crippen LogP contribution in [0.15, 0.2) is 21.5 Å². The van der Waals surface area contributed by atoms with Crippen molar-refractivity contribution in [3.63, 3.8) is 0 Å². The topological polar surface area (TPSA) is 60.4 Å². The number of carbonyl (C=O) groups excluding carboxylic acids is 1. The highest BCUT2D eigenvalue weighted by Crippen LogP contribution is 2.26. The van der Waals surface area contributed by atoms with E-state index >= 15 is 0 Å². The number of methoxy groups -OCH3 is 1. The highest BCUT2D eigenvalue weighted by molar-refractivity contribution is 9.10. The van der Waals surface area contributed by atoms with Gasteiger partial charge in [0, 0.05) is 10.7 Å². The molecule has 0 spiro atoms. The predicted octanol–water partition coefficient (Wildman–Crippen LogP) is 2.30. The lowest BCUT2D eigenvalue weighted by atomic mass is 10.2. The predicted molar refractivity (Wildman–Crippen MR) is 58.5 cm³/mol. The number of hydrogen-bond donors (Lipinski definition) is 0. The molecule has 0 unspecified atom stereocenters. The zero-order valence-electron chi connectivity index (χ0n) is 7.83. The summed E-state index contributed by atoms with van der Waals surface area (Å²) in [5.41, 5.74) is -0.504. The molecule has 4 nitrogen and oxygen atoms in total. The van der Waals surface area contributed by atoms with Crippen molar-refractivity contribution in [3.05, 3.63) is 28.0 Å². The van der Waals surface area contributed by atoms with Crippen molar-refractivity contribution >= 4 is 41.6 Å². The Kier molecular flexibility index (Phi) is 3.92. The molecule has 0 amide bonds. The van der Waals surface area contributed by atoms with E-state index in [2.05, 4.69) is 20.7 Å². The number of rotatable bonds is 2. The van der Waals surface area contributed by atoms with Gasteiger partial charge in [-0.15, -0.1) is 0 Å². The lowest BCUT2D eigenvalue weighted by Gasteiger charge is -2.05. The summed E-state index contributed by atoms with van der Waals surface area (Å²) in [7, 11) is 2.09. The van der Waals surface area contributed by atoms with E-state index in [0.29, 0.717) is 0 Å². The molecular weight excluding hydrogens is 327 g/mol. The first-order chi connectivity index (χ1) is 7.27. The summed E-state index contributed by atoms with van der Waals surface area (Å²) in [6, 6.07) is 1.78. The Morgan fingerprint density at radius 1 is 1.50 bits per heavy atom. The molecule has 1 rings (SSSR count). The van der Waals surface area contributed by atoms with Gasteiger partial charge in [-0.05, 0) is 28.1 Å². The fourth-order valence-corrected chi connectivity index (χ4v) is 2.36. The van der Waals surface area contributed by atoms with Gasteiger partial charge in [-0.3, -0.25) is 0 Å². The van der Waals surface area contributed by atoms with E-state index in [9.17, 15) is 17.6 Å². The minimum atomic E-state index is -4.04. The van der Waals surface area contributed by atoms with Crippen LogP contribution in [0.3, 0.4) is 0 Å². The first-order valence-corrected chi connectivity index (χ1v) is 6.89. The molecule has 0 aromatic heterocycles. The molecule has 8 heteroatoms.